The molecule has 12 heavy (non-hydrogen) atoms. The normalized spacial score (nSPS) is 25.5. The van der Waals surface area contributed by atoms with Gasteiger partial charge in [0.2, 0.25) is 0 Å². The van der Waals surface area contributed by atoms with E-state index in [1.807, 2.05) is 0 Å². The van der Waals surface area contributed by atoms with Crippen molar-refractivity contribution in [2.75, 3.05) is 7.11 Å². The molecule has 0 aromatic heterocycles. The molecule has 68 valence electrons. The Morgan fingerprint density at radius 3 is 2.75 bits per heavy atom. The van der Waals surface area contributed by atoms with Gasteiger partial charge < -0.3 is 4.74 Å². The maximum absolute atomic E-state index is 5.39. The SMILES string of the molecule is COC1CCC=CCCC=C1C. The number of ether oxygens (including phenoxy) is 1. The van der Waals surface area contributed by atoms with E-state index in [0.29, 0.717) is 6.10 Å². The first-order valence-corrected chi connectivity index (χ1v) is 4.69. The first-order chi connectivity index (χ1) is 5.84. The highest BCUT2D eigenvalue weighted by molar-refractivity contribution is 5.07. The summed E-state index contributed by atoms with van der Waals surface area (Å²) in [6.45, 7) is 2.17. The summed E-state index contributed by atoms with van der Waals surface area (Å²) in [4.78, 5) is 0. The monoisotopic (exact) mass is 166 g/mol. The predicted molar refractivity (Wildman–Crippen MR) is 52.2 cm³/mol. The smallest absolute Gasteiger partial charge is 0.0781 e. The first-order valence-electron chi connectivity index (χ1n) is 4.69. The predicted octanol–water partition coefficient (Wildman–Crippen LogP) is 3.08. The summed E-state index contributed by atoms with van der Waals surface area (Å²) in [6.07, 6.45) is 11.8. The number of allylic oxidation sites excluding steroid dienone is 3. The lowest BCUT2D eigenvalue weighted by Gasteiger charge is -2.14. The molecule has 0 radical (unpaired) electrons. The lowest BCUT2D eigenvalue weighted by Crippen LogP contribution is -2.11. The van der Waals surface area contributed by atoms with Crippen molar-refractivity contribution in [3.05, 3.63) is 23.8 Å². The molecule has 1 heteroatoms. The van der Waals surface area contributed by atoms with E-state index in [4.69, 9.17) is 4.74 Å². The van der Waals surface area contributed by atoms with Crippen molar-refractivity contribution in [3.8, 4) is 0 Å². The van der Waals surface area contributed by atoms with Gasteiger partial charge in [-0.1, -0.05) is 18.2 Å². The Bertz CT molecular complexity index is 179. The third-order valence-corrected chi connectivity index (χ3v) is 2.35. The molecule has 1 unspecified atom stereocenters. The van der Waals surface area contributed by atoms with Crippen molar-refractivity contribution < 1.29 is 4.74 Å². The third kappa shape index (κ3) is 2.82. The minimum absolute atomic E-state index is 0.341. The molecule has 1 aliphatic rings. The van der Waals surface area contributed by atoms with Gasteiger partial charge in [0.15, 0.2) is 0 Å². The van der Waals surface area contributed by atoms with Gasteiger partial charge in [-0.25, -0.2) is 0 Å². The number of rotatable bonds is 1. The van der Waals surface area contributed by atoms with E-state index in [-0.39, 0.29) is 0 Å². The molecule has 1 atom stereocenters. The molecule has 0 aliphatic heterocycles. The highest BCUT2D eigenvalue weighted by Crippen LogP contribution is 2.15. The fourth-order valence-corrected chi connectivity index (χ4v) is 1.55. The van der Waals surface area contributed by atoms with Crippen LogP contribution in [0.3, 0.4) is 0 Å². The van der Waals surface area contributed by atoms with Gasteiger partial charge in [-0.3, -0.25) is 0 Å². The average molecular weight is 166 g/mol. The average Bonchev–Trinajstić information content (AvgIpc) is 2.17. The van der Waals surface area contributed by atoms with E-state index in [9.17, 15) is 0 Å². The zero-order chi connectivity index (χ0) is 8.81. The van der Waals surface area contributed by atoms with Gasteiger partial charge in [-0.2, -0.15) is 0 Å². The van der Waals surface area contributed by atoms with E-state index in [1.165, 1.54) is 12.0 Å². The standard InChI is InChI=1S/C11H18O/c1-10-8-6-4-3-5-7-9-11(10)12-2/h3,5,8,11H,4,6-7,9H2,1-2H3. The number of methoxy groups -OCH3 is 1. The Balaban J connectivity index is 2.57. The molecule has 1 nitrogen and oxygen atoms in total. The van der Waals surface area contributed by atoms with Crippen molar-refractivity contribution >= 4 is 0 Å². The van der Waals surface area contributed by atoms with Crippen LogP contribution in [0.4, 0.5) is 0 Å². The summed E-state index contributed by atoms with van der Waals surface area (Å²) < 4.78 is 5.39. The topological polar surface area (TPSA) is 9.23 Å². The fourth-order valence-electron chi connectivity index (χ4n) is 1.55. The lowest BCUT2D eigenvalue weighted by molar-refractivity contribution is 0.125. The van der Waals surface area contributed by atoms with Crippen LogP contribution >= 0.6 is 0 Å². The molecule has 0 N–H and O–H groups in total. The van der Waals surface area contributed by atoms with Crippen molar-refractivity contribution in [3.63, 3.8) is 0 Å². The molecule has 0 amide bonds. The molecule has 0 heterocycles. The van der Waals surface area contributed by atoms with Crippen LogP contribution in [0.25, 0.3) is 0 Å². The van der Waals surface area contributed by atoms with E-state index >= 15 is 0 Å². The van der Waals surface area contributed by atoms with E-state index in [2.05, 4.69) is 25.2 Å². The molecule has 0 aromatic carbocycles. The van der Waals surface area contributed by atoms with Crippen molar-refractivity contribution in [2.24, 2.45) is 0 Å². The summed E-state index contributed by atoms with van der Waals surface area (Å²) >= 11 is 0. The fraction of sp³-hybridized carbons (Fsp3) is 0.636. The van der Waals surface area contributed by atoms with E-state index < -0.39 is 0 Å². The van der Waals surface area contributed by atoms with Crippen LogP contribution in [-0.4, -0.2) is 13.2 Å². The van der Waals surface area contributed by atoms with E-state index in [0.717, 1.165) is 19.3 Å². The van der Waals surface area contributed by atoms with Crippen molar-refractivity contribution in [1.29, 1.82) is 0 Å². The van der Waals surface area contributed by atoms with Gasteiger partial charge >= 0.3 is 0 Å². The molecular formula is C11H18O. The summed E-state index contributed by atoms with van der Waals surface area (Å²) in [5.41, 5.74) is 1.39. The summed E-state index contributed by atoms with van der Waals surface area (Å²) in [7, 11) is 1.80. The van der Waals surface area contributed by atoms with E-state index in [1.54, 1.807) is 7.11 Å². The molecule has 0 bridgehead atoms. The first kappa shape index (κ1) is 9.53. The molecule has 1 rings (SSSR count). The highest BCUT2D eigenvalue weighted by Gasteiger charge is 2.08. The molecular weight excluding hydrogens is 148 g/mol. The number of hydrogen-bond acceptors (Lipinski definition) is 1. The van der Waals surface area contributed by atoms with Gasteiger partial charge in [0.25, 0.3) is 0 Å². The van der Waals surface area contributed by atoms with Crippen LogP contribution in [0.15, 0.2) is 23.8 Å². The van der Waals surface area contributed by atoms with Gasteiger partial charge in [0, 0.05) is 7.11 Å². The minimum atomic E-state index is 0.341. The van der Waals surface area contributed by atoms with Gasteiger partial charge in [0.05, 0.1) is 6.10 Å². The Labute approximate surface area is 75.1 Å². The summed E-state index contributed by atoms with van der Waals surface area (Å²) in [5.74, 6) is 0. The van der Waals surface area contributed by atoms with Crippen LogP contribution in [-0.2, 0) is 4.74 Å². The minimum Gasteiger partial charge on any atom is -0.377 e. The largest absolute Gasteiger partial charge is 0.377 e. The van der Waals surface area contributed by atoms with Gasteiger partial charge in [-0.05, 0) is 38.2 Å². The molecule has 0 saturated carbocycles. The Kier molecular flexibility index (Phi) is 4.09. The van der Waals surface area contributed by atoms with Crippen molar-refractivity contribution in [1.82, 2.24) is 0 Å². The molecule has 1 aliphatic carbocycles. The molecule has 0 fully saturated rings. The Morgan fingerprint density at radius 2 is 2.00 bits per heavy atom. The van der Waals surface area contributed by atoms with Crippen LogP contribution in [0.5, 0.6) is 0 Å². The van der Waals surface area contributed by atoms with Crippen LogP contribution in [0.2, 0.25) is 0 Å². The maximum atomic E-state index is 5.39. The second-order valence-electron chi connectivity index (χ2n) is 3.30. The quantitative estimate of drug-likeness (QED) is 0.544. The van der Waals surface area contributed by atoms with Gasteiger partial charge in [0.1, 0.15) is 0 Å². The third-order valence-electron chi connectivity index (χ3n) is 2.35. The summed E-state index contributed by atoms with van der Waals surface area (Å²) in [6, 6.07) is 0. The molecule has 0 saturated heterocycles. The highest BCUT2D eigenvalue weighted by atomic mass is 16.5. The second kappa shape index (κ2) is 5.15. The second-order valence-corrected chi connectivity index (χ2v) is 3.30. The zero-order valence-electron chi connectivity index (χ0n) is 8.05. The number of hydrogen-bond donors (Lipinski definition) is 0. The Morgan fingerprint density at radius 1 is 1.25 bits per heavy atom. The Hall–Kier alpha value is -0.560. The lowest BCUT2D eigenvalue weighted by atomic mass is 10.1. The van der Waals surface area contributed by atoms with Crippen molar-refractivity contribution in [2.45, 2.75) is 38.7 Å². The van der Waals surface area contributed by atoms with Crippen LogP contribution in [0, 0.1) is 0 Å². The maximum Gasteiger partial charge on any atom is 0.0781 e. The van der Waals surface area contributed by atoms with Crippen LogP contribution < -0.4 is 0 Å². The molecule has 0 spiro atoms. The van der Waals surface area contributed by atoms with Crippen LogP contribution in [0.1, 0.15) is 32.6 Å². The summed E-state index contributed by atoms with van der Waals surface area (Å²) in [5, 5.41) is 0. The molecule has 0 aromatic rings. The zero-order valence-corrected chi connectivity index (χ0v) is 8.05. The van der Waals surface area contributed by atoms with Gasteiger partial charge in [-0.15, -0.1) is 0 Å².